The third-order valence-corrected chi connectivity index (χ3v) is 3.63. The van der Waals surface area contributed by atoms with Crippen LogP contribution in [0, 0.1) is 6.92 Å². The molecule has 0 aliphatic carbocycles. The zero-order valence-corrected chi connectivity index (χ0v) is 15.7. The Morgan fingerprint density at radius 2 is 1.64 bits per heavy atom. The molecule has 0 spiro atoms. The number of nitrogens with one attached hydrogen (secondary N) is 2. The first-order valence-corrected chi connectivity index (χ1v) is 8.54. The summed E-state index contributed by atoms with van der Waals surface area (Å²) in [5.41, 5.74) is 9.91. The summed E-state index contributed by atoms with van der Waals surface area (Å²) in [7, 11) is 0. The van der Waals surface area contributed by atoms with E-state index >= 15 is 0 Å². The lowest BCUT2D eigenvalue weighted by Crippen LogP contribution is -2.26. The predicted molar refractivity (Wildman–Crippen MR) is 106 cm³/mol. The van der Waals surface area contributed by atoms with Gasteiger partial charge >= 0.3 is 0 Å². The van der Waals surface area contributed by atoms with Crippen LogP contribution >= 0.6 is 0 Å². The van der Waals surface area contributed by atoms with E-state index in [1.54, 1.807) is 31.2 Å². The maximum absolute atomic E-state index is 12.0. The SMILES string of the molecule is C/C(CC(=O)Nc1ccc(C(N)=O)cc1)=N/NC(=O)COc1ccc(C)cc1. The monoisotopic (exact) mass is 382 g/mol. The number of carbonyl (C=O) groups excluding carboxylic acids is 3. The lowest BCUT2D eigenvalue weighted by molar-refractivity contribution is -0.123. The highest BCUT2D eigenvalue weighted by atomic mass is 16.5. The van der Waals surface area contributed by atoms with Crippen LogP contribution in [0.5, 0.6) is 5.75 Å². The van der Waals surface area contributed by atoms with Gasteiger partial charge in [-0.1, -0.05) is 17.7 Å². The summed E-state index contributed by atoms with van der Waals surface area (Å²) in [6.07, 6.45) is -0.00330. The molecule has 0 heterocycles. The molecule has 0 saturated carbocycles. The average molecular weight is 382 g/mol. The largest absolute Gasteiger partial charge is 0.484 e. The molecule has 28 heavy (non-hydrogen) atoms. The van der Waals surface area contributed by atoms with Gasteiger partial charge in [-0.2, -0.15) is 5.10 Å². The number of benzene rings is 2. The number of hydrogen-bond acceptors (Lipinski definition) is 5. The Labute approximate surface area is 162 Å². The topological polar surface area (TPSA) is 123 Å². The molecule has 4 N–H and O–H groups in total. The number of rotatable bonds is 8. The van der Waals surface area contributed by atoms with E-state index in [4.69, 9.17) is 10.5 Å². The molecule has 0 atom stereocenters. The van der Waals surface area contributed by atoms with Gasteiger partial charge in [-0.25, -0.2) is 5.43 Å². The fourth-order valence-corrected chi connectivity index (χ4v) is 2.17. The third-order valence-electron chi connectivity index (χ3n) is 3.63. The highest BCUT2D eigenvalue weighted by molar-refractivity contribution is 6.05. The first-order valence-electron chi connectivity index (χ1n) is 8.54. The molecular weight excluding hydrogens is 360 g/mol. The summed E-state index contributed by atoms with van der Waals surface area (Å²) in [6, 6.07) is 13.5. The molecule has 2 rings (SSSR count). The first kappa shape index (κ1) is 20.6. The van der Waals surface area contributed by atoms with Gasteiger partial charge in [-0.3, -0.25) is 14.4 Å². The van der Waals surface area contributed by atoms with Gasteiger partial charge in [0.2, 0.25) is 11.8 Å². The van der Waals surface area contributed by atoms with Gasteiger partial charge < -0.3 is 15.8 Å². The lowest BCUT2D eigenvalue weighted by Gasteiger charge is -2.07. The van der Waals surface area contributed by atoms with E-state index in [2.05, 4.69) is 15.8 Å². The van der Waals surface area contributed by atoms with E-state index < -0.39 is 11.8 Å². The van der Waals surface area contributed by atoms with Gasteiger partial charge in [-0.05, 0) is 50.2 Å². The van der Waals surface area contributed by atoms with Gasteiger partial charge in [0.25, 0.3) is 5.91 Å². The molecule has 0 aromatic heterocycles. The van der Waals surface area contributed by atoms with E-state index in [0.717, 1.165) is 5.56 Å². The standard InChI is InChI=1S/C20H22N4O4/c1-13-3-9-17(10-4-13)28-12-19(26)24-23-14(2)11-18(25)22-16-7-5-15(6-8-16)20(21)27/h3-10H,11-12H2,1-2H3,(H2,21,27)(H,22,25)(H,24,26)/b23-14-. The summed E-state index contributed by atoms with van der Waals surface area (Å²) in [5, 5.41) is 6.55. The van der Waals surface area contributed by atoms with Crippen LogP contribution in [0.2, 0.25) is 0 Å². The summed E-state index contributed by atoms with van der Waals surface area (Å²) < 4.78 is 5.35. The summed E-state index contributed by atoms with van der Waals surface area (Å²) in [4.78, 5) is 34.8. The minimum atomic E-state index is -0.539. The molecular formula is C20H22N4O4. The number of nitrogens with two attached hydrogens (primary N) is 1. The Hall–Kier alpha value is -3.68. The van der Waals surface area contributed by atoms with Crippen LogP contribution in [-0.2, 0) is 9.59 Å². The molecule has 0 aliphatic heterocycles. The Bertz CT molecular complexity index is 874. The predicted octanol–water partition coefficient (Wildman–Crippen LogP) is 1.99. The second-order valence-electron chi connectivity index (χ2n) is 6.15. The normalized spacial score (nSPS) is 10.9. The fourth-order valence-electron chi connectivity index (χ4n) is 2.17. The molecule has 8 nitrogen and oxygen atoms in total. The molecule has 0 aliphatic rings. The van der Waals surface area contributed by atoms with E-state index in [0.29, 0.717) is 22.7 Å². The molecule has 0 fully saturated rings. The molecule has 0 bridgehead atoms. The lowest BCUT2D eigenvalue weighted by atomic mass is 10.2. The third kappa shape index (κ3) is 6.91. The number of primary amides is 1. The first-order chi connectivity index (χ1) is 13.3. The number of aryl methyl sites for hydroxylation is 1. The van der Waals surface area contributed by atoms with Crippen molar-refractivity contribution in [2.45, 2.75) is 20.3 Å². The minimum Gasteiger partial charge on any atom is -0.484 e. The Morgan fingerprint density at radius 3 is 2.25 bits per heavy atom. The van der Waals surface area contributed by atoms with Crippen molar-refractivity contribution in [3.05, 3.63) is 59.7 Å². The summed E-state index contributed by atoms with van der Waals surface area (Å²) in [6.45, 7) is 3.40. The smallest absolute Gasteiger partial charge is 0.277 e. The van der Waals surface area contributed by atoms with Crippen LogP contribution in [0.15, 0.2) is 53.6 Å². The fraction of sp³-hybridized carbons (Fsp3) is 0.200. The Kier molecular flexibility index (Phi) is 7.27. The molecule has 0 radical (unpaired) electrons. The van der Waals surface area contributed by atoms with Crippen LogP contribution in [0.3, 0.4) is 0 Å². The molecule has 0 saturated heterocycles. The van der Waals surface area contributed by atoms with Crippen molar-refractivity contribution in [1.29, 1.82) is 0 Å². The van der Waals surface area contributed by atoms with Crippen molar-refractivity contribution >= 4 is 29.1 Å². The van der Waals surface area contributed by atoms with Crippen molar-refractivity contribution in [3.8, 4) is 5.75 Å². The van der Waals surface area contributed by atoms with Crippen LogP contribution in [0.4, 0.5) is 5.69 Å². The molecule has 0 unspecified atom stereocenters. The number of ether oxygens (including phenoxy) is 1. The van der Waals surface area contributed by atoms with Gasteiger partial charge in [0.15, 0.2) is 6.61 Å². The van der Waals surface area contributed by atoms with Crippen LogP contribution in [0.1, 0.15) is 29.3 Å². The highest BCUT2D eigenvalue weighted by Gasteiger charge is 2.07. The van der Waals surface area contributed by atoms with Gasteiger partial charge in [-0.15, -0.1) is 0 Å². The zero-order valence-electron chi connectivity index (χ0n) is 15.7. The van der Waals surface area contributed by atoms with Gasteiger partial charge in [0, 0.05) is 17.0 Å². The Morgan fingerprint density at radius 1 is 1.00 bits per heavy atom. The number of nitrogens with zero attached hydrogens (tertiary/aromatic N) is 1. The number of anilines is 1. The highest BCUT2D eigenvalue weighted by Crippen LogP contribution is 2.11. The van der Waals surface area contributed by atoms with Crippen LogP contribution in [-0.4, -0.2) is 30.0 Å². The average Bonchev–Trinajstić information content (AvgIpc) is 2.66. The number of hydrazone groups is 1. The molecule has 2 aromatic carbocycles. The molecule has 8 heteroatoms. The second-order valence-corrected chi connectivity index (χ2v) is 6.15. The summed E-state index contributed by atoms with van der Waals surface area (Å²) >= 11 is 0. The molecule has 146 valence electrons. The van der Waals surface area contributed by atoms with E-state index in [-0.39, 0.29) is 18.9 Å². The summed E-state index contributed by atoms with van der Waals surface area (Å²) in [5.74, 6) is -0.688. The van der Waals surface area contributed by atoms with Crippen molar-refractivity contribution in [3.63, 3.8) is 0 Å². The van der Waals surface area contributed by atoms with Gasteiger partial charge in [0.05, 0.1) is 6.42 Å². The van der Waals surface area contributed by atoms with Crippen molar-refractivity contribution in [2.24, 2.45) is 10.8 Å². The van der Waals surface area contributed by atoms with E-state index in [1.165, 1.54) is 12.1 Å². The Balaban J connectivity index is 1.76. The number of amides is 3. The quantitative estimate of drug-likeness (QED) is 0.477. The van der Waals surface area contributed by atoms with Crippen molar-refractivity contribution in [2.75, 3.05) is 11.9 Å². The maximum Gasteiger partial charge on any atom is 0.277 e. The van der Waals surface area contributed by atoms with Gasteiger partial charge in [0.1, 0.15) is 5.75 Å². The van der Waals surface area contributed by atoms with Crippen LogP contribution in [0.25, 0.3) is 0 Å². The zero-order chi connectivity index (χ0) is 20.5. The molecule has 3 amide bonds. The maximum atomic E-state index is 12.0. The molecule has 2 aromatic rings. The van der Waals surface area contributed by atoms with Crippen LogP contribution < -0.4 is 21.2 Å². The van der Waals surface area contributed by atoms with Crippen molar-refractivity contribution < 1.29 is 19.1 Å². The van der Waals surface area contributed by atoms with Crippen molar-refractivity contribution in [1.82, 2.24) is 5.43 Å². The minimum absolute atomic E-state index is 0.00330. The number of hydrogen-bond donors (Lipinski definition) is 3. The number of carbonyl (C=O) groups is 3. The van der Waals surface area contributed by atoms with E-state index in [9.17, 15) is 14.4 Å². The van der Waals surface area contributed by atoms with E-state index in [1.807, 2.05) is 19.1 Å². The second kappa shape index (κ2) is 9.86.